The van der Waals surface area contributed by atoms with E-state index in [1.165, 1.54) is 31.5 Å². The molecule has 17 heavy (non-hydrogen) atoms. The lowest BCUT2D eigenvalue weighted by Crippen LogP contribution is -2.36. The van der Waals surface area contributed by atoms with Crippen molar-refractivity contribution in [2.24, 2.45) is 0 Å². The van der Waals surface area contributed by atoms with Crippen LogP contribution >= 0.6 is 0 Å². The van der Waals surface area contributed by atoms with E-state index in [0.717, 1.165) is 19.6 Å². The van der Waals surface area contributed by atoms with Crippen LogP contribution < -0.4 is 5.32 Å². The molecule has 1 N–H and O–H groups in total. The number of likely N-dealkylation sites (tertiary alicyclic amines) is 1. The molecule has 0 saturated carbocycles. The molecule has 0 aromatic carbocycles. The number of hydrogen-bond acceptors (Lipinski definition) is 3. The standard InChI is InChI=1S/C13H24N4/c1-3-6-17-11-15-9-13(17)10-16-7-4-5-12(16)8-14-2/h9,11-12,14H,3-8,10H2,1-2H3. The van der Waals surface area contributed by atoms with E-state index in [1.807, 2.05) is 19.6 Å². The van der Waals surface area contributed by atoms with Gasteiger partial charge in [0.25, 0.3) is 0 Å². The second-order valence-corrected chi connectivity index (χ2v) is 4.90. The molecule has 0 bridgehead atoms. The predicted octanol–water partition coefficient (Wildman–Crippen LogP) is 1.48. The Hall–Kier alpha value is -0.870. The third kappa shape index (κ3) is 3.07. The Morgan fingerprint density at radius 1 is 1.53 bits per heavy atom. The Labute approximate surface area is 104 Å². The summed E-state index contributed by atoms with van der Waals surface area (Å²) in [5.74, 6) is 0. The van der Waals surface area contributed by atoms with Crippen molar-refractivity contribution < 1.29 is 0 Å². The van der Waals surface area contributed by atoms with Crippen molar-refractivity contribution in [3.8, 4) is 0 Å². The van der Waals surface area contributed by atoms with Crippen molar-refractivity contribution in [3.63, 3.8) is 0 Å². The highest BCUT2D eigenvalue weighted by atomic mass is 15.2. The summed E-state index contributed by atoms with van der Waals surface area (Å²) in [5.41, 5.74) is 1.36. The average Bonchev–Trinajstić information content (AvgIpc) is 2.92. The Balaban J connectivity index is 1.97. The van der Waals surface area contributed by atoms with Crippen LogP contribution in [0.25, 0.3) is 0 Å². The van der Waals surface area contributed by atoms with Gasteiger partial charge in [0.05, 0.1) is 12.0 Å². The fourth-order valence-electron chi connectivity index (χ4n) is 2.70. The molecule has 0 spiro atoms. The van der Waals surface area contributed by atoms with Crippen molar-refractivity contribution in [2.75, 3.05) is 20.1 Å². The van der Waals surface area contributed by atoms with Crippen LogP contribution in [0.5, 0.6) is 0 Å². The molecule has 96 valence electrons. The smallest absolute Gasteiger partial charge is 0.0948 e. The topological polar surface area (TPSA) is 33.1 Å². The summed E-state index contributed by atoms with van der Waals surface area (Å²) in [6.07, 6.45) is 7.80. The van der Waals surface area contributed by atoms with E-state index in [2.05, 4.69) is 26.7 Å². The molecule has 2 heterocycles. The van der Waals surface area contributed by atoms with Crippen molar-refractivity contribution in [1.82, 2.24) is 19.8 Å². The van der Waals surface area contributed by atoms with E-state index < -0.39 is 0 Å². The van der Waals surface area contributed by atoms with Crippen LogP contribution in [-0.4, -0.2) is 40.6 Å². The van der Waals surface area contributed by atoms with Gasteiger partial charge in [0.2, 0.25) is 0 Å². The second kappa shape index (κ2) is 6.17. The van der Waals surface area contributed by atoms with Crippen LogP contribution in [0.1, 0.15) is 31.9 Å². The zero-order valence-electron chi connectivity index (χ0n) is 11.0. The lowest BCUT2D eigenvalue weighted by Gasteiger charge is -2.24. The molecule has 1 aliphatic heterocycles. The highest BCUT2D eigenvalue weighted by molar-refractivity contribution is 5.00. The predicted molar refractivity (Wildman–Crippen MR) is 69.9 cm³/mol. The molecule has 1 saturated heterocycles. The van der Waals surface area contributed by atoms with Gasteiger partial charge in [-0.2, -0.15) is 0 Å². The third-order valence-electron chi connectivity index (χ3n) is 3.57. The first-order valence-corrected chi connectivity index (χ1v) is 6.72. The molecule has 1 aromatic heterocycles. The van der Waals surface area contributed by atoms with Gasteiger partial charge in [-0.1, -0.05) is 6.92 Å². The summed E-state index contributed by atoms with van der Waals surface area (Å²) >= 11 is 0. The highest BCUT2D eigenvalue weighted by Gasteiger charge is 2.24. The normalized spacial score (nSPS) is 21.2. The number of imidazole rings is 1. The van der Waals surface area contributed by atoms with Crippen LogP contribution in [0.15, 0.2) is 12.5 Å². The first-order valence-electron chi connectivity index (χ1n) is 6.72. The molecule has 1 aliphatic rings. The maximum Gasteiger partial charge on any atom is 0.0948 e. The van der Waals surface area contributed by atoms with Crippen LogP contribution in [0.2, 0.25) is 0 Å². The zero-order chi connectivity index (χ0) is 12.1. The van der Waals surface area contributed by atoms with Gasteiger partial charge >= 0.3 is 0 Å². The van der Waals surface area contributed by atoms with Crippen molar-refractivity contribution in [2.45, 2.75) is 45.3 Å². The van der Waals surface area contributed by atoms with E-state index in [1.54, 1.807) is 0 Å². The first-order chi connectivity index (χ1) is 8.35. The van der Waals surface area contributed by atoms with Gasteiger partial charge in [-0.3, -0.25) is 4.90 Å². The van der Waals surface area contributed by atoms with E-state index in [-0.39, 0.29) is 0 Å². The minimum atomic E-state index is 0.699. The number of aromatic nitrogens is 2. The van der Waals surface area contributed by atoms with Crippen molar-refractivity contribution in [1.29, 1.82) is 0 Å². The van der Waals surface area contributed by atoms with Crippen molar-refractivity contribution in [3.05, 3.63) is 18.2 Å². The van der Waals surface area contributed by atoms with Gasteiger partial charge in [0, 0.05) is 31.9 Å². The molecule has 4 nitrogen and oxygen atoms in total. The Bertz CT molecular complexity index is 334. The molecule has 1 fully saturated rings. The Kier molecular flexibility index (Phi) is 4.57. The molecule has 2 rings (SSSR count). The fourth-order valence-corrected chi connectivity index (χ4v) is 2.70. The maximum atomic E-state index is 4.27. The van der Waals surface area contributed by atoms with E-state index in [9.17, 15) is 0 Å². The van der Waals surface area contributed by atoms with Gasteiger partial charge in [-0.25, -0.2) is 4.98 Å². The lowest BCUT2D eigenvalue weighted by molar-refractivity contribution is 0.236. The third-order valence-corrected chi connectivity index (χ3v) is 3.57. The quantitative estimate of drug-likeness (QED) is 0.812. The first kappa shape index (κ1) is 12.6. The monoisotopic (exact) mass is 236 g/mol. The Morgan fingerprint density at radius 3 is 3.18 bits per heavy atom. The minimum absolute atomic E-state index is 0.699. The van der Waals surface area contributed by atoms with Crippen molar-refractivity contribution >= 4 is 0 Å². The Morgan fingerprint density at radius 2 is 2.41 bits per heavy atom. The summed E-state index contributed by atoms with van der Waals surface area (Å²) in [5, 5.41) is 3.29. The lowest BCUT2D eigenvalue weighted by atomic mass is 10.2. The summed E-state index contributed by atoms with van der Waals surface area (Å²) in [4.78, 5) is 6.86. The second-order valence-electron chi connectivity index (χ2n) is 4.90. The van der Waals surface area contributed by atoms with Gasteiger partial charge < -0.3 is 9.88 Å². The largest absolute Gasteiger partial charge is 0.333 e. The van der Waals surface area contributed by atoms with E-state index in [0.29, 0.717) is 6.04 Å². The minimum Gasteiger partial charge on any atom is -0.333 e. The van der Waals surface area contributed by atoms with Crippen LogP contribution in [0.4, 0.5) is 0 Å². The molecule has 0 amide bonds. The van der Waals surface area contributed by atoms with Crippen LogP contribution in [0.3, 0.4) is 0 Å². The average molecular weight is 236 g/mol. The molecular formula is C13H24N4. The fraction of sp³-hybridized carbons (Fsp3) is 0.769. The van der Waals surface area contributed by atoms with E-state index >= 15 is 0 Å². The number of aryl methyl sites for hydroxylation is 1. The SMILES string of the molecule is CCCn1cncc1CN1CCCC1CNC. The summed E-state index contributed by atoms with van der Waals surface area (Å²) < 4.78 is 2.29. The molecular weight excluding hydrogens is 212 g/mol. The highest BCUT2D eigenvalue weighted by Crippen LogP contribution is 2.19. The number of likely N-dealkylation sites (N-methyl/N-ethyl adjacent to an activating group) is 1. The molecule has 0 aliphatic carbocycles. The molecule has 1 atom stereocenters. The van der Waals surface area contributed by atoms with Crippen LogP contribution in [-0.2, 0) is 13.1 Å². The molecule has 0 radical (unpaired) electrons. The van der Waals surface area contributed by atoms with Gasteiger partial charge in [0.1, 0.15) is 0 Å². The molecule has 1 unspecified atom stereocenters. The maximum absolute atomic E-state index is 4.27. The summed E-state index contributed by atoms with van der Waals surface area (Å²) in [6, 6.07) is 0.699. The molecule has 4 heteroatoms. The van der Waals surface area contributed by atoms with Gasteiger partial charge in [-0.05, 0) is 32.9 Å². The zero-order valence-corrected chi connectivity index (χ0v) is 11.0. The van der Waals surface area contributed by atoms with Crippen LogP contribution in [0, 0.1) is 0 Å². The number of rotatable bonds is 6. The van der Waals surface area contributed by atoms with Gasteiger partial charge in [-0.15, -0.1) is 0 Å². The summed E-state index contributed by atoms with van der Waals surface area (Å²) in [7, 11) is 2.04. The number of hydrogen-bond donors (Lipinski definition) is 1. The number of nitrogens with one attached hydrogen (secondary N) is 1. The van der Waals surface area contributed by atoms with E-state index in [4.69, 9.17) is 0 Å². The number of nitrogens with zero attached hydrogens (tertiary/aromatic N) is 3. The molecule has 1 aromatic rings. The van der Waals surface area contributed by atoms with Gasteiger partial charge in [0.15, 0.2) is 0 Å². The summed E-state index contributed by atoms with van der Waals surface area (Å²) in [6.45, 7) is 6.67.